The van der Waals surface area contributed by atoms with Crippen LogP contribution in [0.4, 0.5) is 11.5 Å². The van der Waals surface area contributed by atoms with Crippen LogP contribution in [0.2, 0.25) is 0 Å². The van der Waals surface area contributed by atoms with Gasteiger partial charge in [0.25, 0.3) is 0 Å². The molecule has 2 heterocycles. The molecule has 2 aromatic heterocycles. The molecule has 0 aliphatic heterocycles. The average Bonchev–Trinajstić information content (AvgIpc) is 2.65. The first-order valence-electron chi connectivity index (χ1n) is 5.67. The van der Waals surface area contributed by atoms with Gasteiger partial charge in [-0.25, -0.2) is 14.6 Å². The van der Waals surface area contributed by atoms with Gasteiger partial charge in [0.1, 0.15) is 6.33 Å². The van der Waals surface area contributed by atoms with Gasteiger partial charge in [-0.15, -0.1) is 0 Å². The number of nitrogens with zero attached hydrogens (tertiary/aromatic N) is 5. The van der Waals surface area contributed by atoms with E-state index in [0.29, 0.717) is 0 Å². The molecule has 0 bridgehead atoms. The van der Waals surface area contributed by atoms with Gasteiger partial charge < -0.3 is 5.32 Å². The third-order valence-corrected chi connectivity index (χ3v) is 3.08. The lowest BCUT2D eigenvalue weighted by Gasteiger charge is -2.07. The maximum absolute atomic E-state index is 11.2. The molecule has 0 saturated carbocycles. The van der Waals surface area contributed by atoms with Crippen molar-refractivity contribution in [3.05, 3.63) is 33.4 Å². The Morgan fingerprint density at radius 2 is 2.00 bits per heavy atom. The Labute approximate surface area is 109 Å². The van der Waals surface area contributed by atoms with E-state index in [-0.39, 0.29) is 17.3 Å². The van der Waals surface area contributed by atoms with Crippen LogP contribution >= 0.6 is 0 Å². The molecule has 0 spiro atoms. The van der Waals surface area contributed by atoms with Gasteiger partial charge in [0.2, 0.25) is 11.6 Å². The van der Waals surface area contributed by atoms with Crippen LogP contribution in [0.5, 0.6) is 0 Å². The van der Waals surface area contributed by atoms with Gasteiger partial charge >= 0.3 is 5.69 Å². The molecular weight excluding hydrogens is 248 g/mol. The summed E-state index contributed by atoms with van der Waals surface area (Å²) < 4.78 is 1.48. The molecule has 0 atom stereocenters. The van der Waals surface area contributed by atoms with Crippen LogP contribution in [-0.2, 0) is 0 Å². The van der Waals surface area contributed by atoms with Crippen molar-refractivity contribution in [3.8, 4) is 5.82 Å². The number of nitrogens with one attached hydrogen (secondary N) is 1. The minimum absolute atomic E-state index is 0.165. The Balaban J connectivity index is 2.75. The SMILES string of the molecule is CNc1ncnc(-n2nc(C)c(C)c2C)c1[N+](=O)[O-]. The largest absolute Gasteiger partial charge is 0.367 e. The third-order valence-electron chi connectivity index (χ3n) is 3.08. The summed E-state index contributed by atoms with van der Waals surface area (Å²) in [6, 6.07) is 0. The number of hydrogen-bond acceptors (Lipinski definition) is 6. The summed E-state index contributed by atoms with van der Waals surface area (Å²) in [6.07, 6.45) is 1.28. The fourth-order valence-corrected chi connectivity index (χ4v) is 1.80. The maximum atomic E-state index is 11.2. The number of rotatable bonds is 3. The maximum Gasteiger partial charge on any atom is 0.355 e. The van der Waals surface area contributed by atoms with Crippen molar-refractivity contribution in [1.29, 1.82) is 0 Å². The lowest BCUT2D eigenvalue weighted by Crippen LogP contribution is -2.09. The highest BCUT2D eigenvalue weighted by atomic mass is 16.6. The Bertz CT molecular complexity index is 649. The quantitative estimate of drug-likeness (QED) is 0.665. The van der Waals surface area contributed by atoms with Crippen molar-refractivity contribution in [2.24, 2.45) is 0 Å². The summed E-state index contributed by atoms with van der Waals surface area (Å²) in [5.41, 5.74) is 2.44. The normalized spacial score (nSPS) is 10.5. The molecule has 0 saturated heterocycles. The van der Waals surface area contributed by atoms with E-state index < -0.39 is 4.92 Å². The number of nitro groups is 1. The van der Waals surface area contributed by atoms with Crippen LogP contribution < -0.4 is 5.32 Å². The lowest BCUT2D eigenvalue weighted by molar-refractivity contribution is -0.384. The van der Waals surface area contributed by atoms with E-state index in [2.05, 4.69) is 20.4 Å². The Morgan fingerprint density at radius 1 is 1.32 bits per heavy atom. The number of aryl methyl sites for hydroxylation is 1. The van der Waals surface area contributed by atoms with Crippen LogP contribution in [0.25, 0.3) is 5.82 Å². The average molecular weight is 262 g/mol. The first-order chi connectivity index (χ1) is 8.97. The van der Waals surface area contributed by atoms with E-state index in [9.17, 15) is 10.1 Å². The molecule has 1 N–H and O–H groups in total. The van der Waals surface area contributed by atoms with E-state index >= 15 is 0 Å². The predicted molar refractivity (Wildman–Crippen MR) is 69.6 cm³/mol. The summed E-state index contributed by atoms with van der Waals surface area (Å²) in [5.74, 6) is 0.332. The predicted octanol–water partition coefficient (Wildman–Crippen LogP) is 1.54. The molecule has 0 aromatic carbocycles. The van der Waals surface area contributed by atoms with Crippen molar-refractivity contribution in [3.63, 3.8) is 0 Å². The summed E-state index contributed by atoms with van der Waals surface area (Å²) in [6.45, 7) is 5.62. The molecule has 2 aromatic rings. The van der Waals surface area contributed by atoms with Gasteiger partial charge in [0.15, 0.2) is 0 Å². The zero-order chi connectivity index (χ0) is 14.2. The highest BCUT2D eigenvalue weighted by molar-refractivity contribution is 5.64. The van der Waals surface area contributed by atoms with Crippen molar-refractivity contribution in [1.82, 2.24) is 19.7 Å². The molecule has 0 aliphatic carbocycles. The fourth-order valence-electron chi connectivity index (χ4n) is 1.80. The fraction of sp³-hybridized carbons (Fsp3) is 0.364. The van der Waals surface area contributed by atoms with Crippen LogP contribution in [0.15, 0.2) is 6.33 Å². The number of hydrogen-bond donors (Lipinski definition) is 1. The van der Waals surface area contributed by atoms with Crippen LogP contribution in [-0.4, -0.2) is 31.7 Å². The minimum atomic E-state index is -0.507. The van der Waals surface area contributed by atoms with Crippen molar-refractivity contribution >= 4 is 11.5 Å². The molecule has 100 valence electrons. The van der Waals surface area contributed by atoms with E-state index in [4.69, 9.17) is 0 Å². The molecule has 19 heavy (non-hydrogen) atoms. The summed E-state index contributed by atoms with van der Waals surface area (Å²) in [5, 5.41) is 18.2. The molecule has 0 amide bonds. The molecule has 2 rings (SSSR count). The van der Waals surface area contributed by atoms with Gasteiger partial charge in [-0.3, -0.25) is 10.1 Å². The first-order valence-corrected chi connectivity index (χ1v) is 5.67. The molecular formula is C11H14N6O2. The number of aromatic nitrogens is 4. The van der Waals surface area contributed by atoms with Crippen LogP contribution in [0.1, 0.15) is 17.0 Å². The third kappa shape index (κ3) is 2.01. The second-order valence-electron chi connectivity index (χ2n) is 4.11. The number of anilines is 1. The lowest BCUT2D eigenvalue weighted by atomic mass is 10.2. The first kappa shape index (κ1) is 12.9. The smallest absolute Gasteiger partial charge is 0.355 e. The second-order valence-corrected chi connectivity index (χ2v) is 4.11. The van der Waals surface area contributed by atoms with E-state index in [1.54, 1.807) is 7.05 Å². The molecule has 0 unspecified atom stereocenters. The Hall–Kier alpha value is -2.51. The molecule has 0 aliphatic rings. The van der Waals surface area contributed by atoms with Gasteiger partial charge in [-0.1, -0.05) is 0 Å². The Morgan fingerprint density at radius 3 is 2.47 bits per heavy atom. The van der Waals surface area contributed by atoms with Crippen molar-refractivity contribution in [2.45, 2.75) is 20.8 Å². The van der Waals surface area contributed by atoms with Crippen molar-refractivity contribution < 1.29 is 4.92 Å². The van der Waals surface area contributed by atoms with Crippen molar-refractivity contribution in [2.75, 3.05) is 12.4 Å². The summed E-state index contributed by atoms with van der Waals surface area (Å²) in [4.78, 5) is 18.6. The van der Waals surface area contributed by atoms with E-state index in [0.717, 1.165) is 17.0 Å². The van der Waals surface area contributed by atoms with Crippen LogP contribution in [0, 0.1) is 30.9 Å². The van der Waals surface area contributed by atoms with E-state index in [1.165, 1.54) is 11.0 Å². The standard InChI is InChI=1S/C11H14N6O2/c1-6-7(2)15-16(8(6)3)11-9(17(18)19)10(12-4)13-5-14-11/h5H,1-4H3,(H,12,13,14). The van der Waals surface area contributed by atoms with Gasteiger partial charge in [0, 0.05) is 12.7 Å². The highest BCUT2D eigenvalue weighted by Gasteiger charge is 2.25. The second kappa shape index (κ2) is 4.63. The zero-order valence-corrected chi connectivity index (χ0v) is 11.1. The van der Waals surface area contributed by atoms with E-state index in [1.807, 2.05) is 20.8 Å². The summed E-state index contributed by atoms with van der Waals surface area (Å²) >= 11 is 0. The molecule has 0 fully saturated rings. The monoisotopic (exact) mass is 262 g/mol. The molecule has 8 heteroatoms. The van der Waals surface area contributed by atoms with Gasteiger partial charge in [-0.2, -0.15) is 5.10 Å². The van der Waals surface area contributed by atoms with Gasteiger partial charge in [-0.05, 0) is 26.3 Å². The molecule has 8 nitrogen and oxygen atoms in total. The Kier molecular flexibility index (Phi) is 3.16. The summed E-state index contributed by atoms with van der Waals surface area (Å²) in [7, 11) is 1.57. The highest BCUT2D eigenvalue weighted by Crippen LogP contribution is 2.28. The topological polar surface area (TPSA) is 98.8 Å². The zero-order valence-electron chi connectivity index (χ0n) is 11.1. The van der Waals surface area contributed by atoms with Gasteiger partial charge in [0.05, 0.1) is 10.6 Å². The minimum Gasteiger partial charge on any atom is -0.367 e. The van der Waals surface area contributed by atoms with Crippen LogP contribution in [0.3, 0.4) is 0 Å². The molecule has 0 radical (unpaired) electrons.